The Hall–Kier alpha value is -2.73. The van der Waals surface area contributed by atoms with Gasteiger partial charge in [-0.05, 0) is 43.9 Å². The van der Waals surface area contributed by atoms with E-state index in [0.717, 1.165) is 38.0 Å². The number of hydrogen-bond acceptors (Lipinski definition) is 4. The van der Waals surface area contributed by atoms with E-state index >= 15 is 0 Å². The van der Waals surface area contributed by atoms with Crippen LogP contribution in [0.2, 0.25) is 0 Å². The highest BCUT2D eigenvalue weighted by atomic mass is 16.2. The molecule has 2 aromatic rings. The van der Waals surface area contributed by atoms with Gasteiger partial charge in [-0.25, -0.2) is 0 Å². The summed E-state index contributed by atoms with van der Waals surface area (Å²) in [6.45, 7) is 5.26. The summed E-state index contributed by atoms with van der Waals surface area (Å²) in [5, 5.41) is 3.11. The Labute approximate surface area is 197 Å². The molecule has 1 saturated carbocycles. The summed E-state index contributed by atoms with van der Waals surface area (Å²) in [4.78, 5) is 35.0. The van der Waals surface area contributed by atoms with Gasteiger partial charge in [-0.3, -0.25) is 19.5 Å². The average molecular weight is 449 g/mol. The first-order chi connectivity index (χ1) is 16.1. The molecule has 1 aliphatic heterocycles. The number of hydrogen-bond donors (Lipinski definition) is 1. The zero-order chi connectivity index (χ0) is 23.1. The van der Waals surface area contributed by atoms with Crippen molar-refractivity contribution < 1.29 is 9.59 Å². The van der Waals surface area contributed by atoms with Gasteiger partial charge in [0.2, 0.25) is 5.91 Å². The van der Waals surface area contributed by atoms with Crippen LogP contribution < -0.4 is 5.32 Å². The van der Waals surface area contributed by atoms with E-state index in [1.54, 1.807) is 6.20 Å². The van der Waals surface area contributed by atoms with E-state index in [4.69, 9.17) is 0 Å². The topological polar surface area (TPSA) is 65.5 Å². The van der Waals surface area contributed by atoms with E-state index in [1.165, 1.54) is 24.8 Å². The van der Waals surface area contributed by atoms with E-state index in [1.807, 2.05) is 30.0 Å². The monoisotopic (exact) mass is 448 g/mol. The highest BCUT2D eigenvalue weighted by Gasteiger charge is 2.40. The predicted molar refractivity (Wildman–Crippen MR) is 130 cm³/mol. The van der Waals surface area contributed by atoms with E-state index in [0.29, 0.717) is 31.6 Å². The summed E-state index contributed by atoms with van der Waals surface area (Å²) in [6, 6.07) is 14.2. The molecule has 2 fully saturated rings. The van der Waals surface area contributed by atoms with Gasteiger partial charge in [0, 0.05) is 56.6 Å². The fourth-order valence-corrected chi connectivity index (χ4v) is 5.44. The van der Waals surface area contributed by atoms with E-state index in [9.17, 15) is 9.59 Å². The molecule has 6 nitrogen and oxygen atoms in total. The van der Waals surface area contributed by atoms with Crippen molar-refractivity contribution in [2.45, 2.75) is 64.0 Å². The van der Waals surface area contributed by atoms with Gasteiger partial charge in [0.05, 0.1) is 5.56 Å². The molecule has 1 spiro atoms. The van der Waals surface area contributed by atoms with Crippen LogP contribution in [0, 0.1) is 6.92 Å². The first-order valence-corrected chi connectivity index (χ1v) is 12.3. The molecule has 0 radical (unpaired) electrons. The van der Waals surface area contributed by atoms with Crippen LogP contribution in [0.3, 0.4) is 0 Å². The van der Waals surface area contributed by atoms with Gasteiger partial charge in [-0.15, -0.1) is 0 Å². The number of amides is 2. The molecule has 6 heteroatoms. The number of pyridine rings is 1. The SMILES string of the molecule is Cc1ncccc1C(=O)N1CCCN(Cc2ccccc2)C2(CCCCC2)CC(=O)NCC1. The van der Waals surface area contributed by atoms with Gasteiger partial charge in [-0.2, -0.15) is 0 Å². The molecule has 2 heterocycles. The number of benzene rings is 1. The largest absolute Gasteiger partial charge is 0.354 e. The quantitative estimate of drug-likeness (QED) is 0.772. The molecule has 1 saturated heterocycles. The minimum atomic E-state index is -0.0999. The van der Waals surface area contributed by atoms with Crippen LogP contribution in [0.15, 0.2) is 48.7 Å². The summed E-state index contributed by atoms with van der Waals surface area (Å²) in [5.74, 6) is 0.0953. The van der Waals surface area contributed by atoms with Crippen LogP contribution in [0.25, 0.3) is 0 Å². The molecular formula is C27H36N4O2. The van der Waals surface area contributed by atoms with Crippen LogP contribution in [0.1, 0.15) is 66.6 Å². The van der Waals surface area contributed by atoms with Crippen molar-refractivity contribution in [1.29, 1.82) is 0 Å². The first-order valence-electron chi connectivity index (χ1n) is 12.3. The molecule has 1 aliphatic carbocycles. The number of carbonyl (C=O) groups excluding carboxylic acids is 2. The Morgan fingerprint density at radius 2 is 1.79 bits per heavy atom. The summed E-state index contributed by atoms with van der Waals surface area (Å²) >= 11 is 0. The normalized spacial score (nSPS) is 20.2. The molecule has 4 rings (SSSR count). The van der Waals surface area contributed by atoms with Crippen LogP contribution in [-0.4, -0.2) is 58.3 Å². The third-order valence-corrected chi connectivity index (χ3v) is 7.25. The fourth-order valence-electron chi connectivity index (χ4n) is 5.44. The van der Waals surface area contributed by atoms with Crippen molar-refractivity contribution in [1.82, 2.24) is 20.1 Å². The predicted octanol–water partition coefficient (Wildman–Crippen LogP) is 3.95. The van der Waals surface area contributed by atoms with E-state index in [2.05, 4.69) is 39.5 Å². The summed E-state index contributed by atoms with van der Waals surface area (Å²) in [6.07, 6.45) is 8.84. The summed E-state index contributed by atoms with van der Waals surface area (Å²) < 4.78 is 0. The first kappa shape index (κ1) is 23.4. The van der Waals surface area contributed by atoms with E-state index in [-0.39, 0.29) is 17.4 Å². The smallest absolute Gasteiger partial charge is 0.255 e. The summed E-state index contributed by atoms with van der Waals surface area (Å²) in [5.41, 5.74) is 2.56. The number of nitrogens with zero attached hydrogens (tertiary/aromatic N) is 3. The number of carbonyl (C=O) groups is 2. The van der Waals surface area contributed by atoms with Crippen molar-refractivity contribution in [3.63, 3.8) is 0 Å². The van der Waals surface area contributed by atoms with Gasteiger partial charge in [0.1, 0.15) is 0 Å². The second kappa shape index (κ2) is 10.9. The van der Waals surface area contributed by atoms with Crippen LogP contribution >= 0.6 is 0 Å². The van der Waals surface area contributed by atoms with Crippen LogP contribution in [0.5, 0.6) is 0 Å². The summed E-state index contributed by atoms with van der Waals surface area (Å²) in [7, 11) is 0. The third-order valence-electron chi connectivity index (χ3n) is 7.25. The van der Waals surface area contributed by atoms with Crippen LogP contribution in [-0.2, 0) is 11.3 Å². The highest BCUT2D eigenvalue weighted by Crippen LogP contribution is 2.38. The molecule has 176 valence electrons. The molecule has 1 aromatic heterocycles. The third kappa shape index (κ3) is 5.80. The van der Waals surface area contributed by atoms with Crippen molar-refractivity contribution in [3.8, 4) is 0 Å². The molecule has 33 heavy (non-hydrogen) atoms. The van der Waals surface area contributed by atoms with Gasteiger partial charge in [0.15, 0.2) is 0 Å². The molecule has 2 aliphatic rings. The Bertz CT molecular complexity index is 940. The van der Waals surface area contributed by atoms with Crippen LogP contribution in [0.4, 0.5) is 0 Å². The molecule has 0 atom stereocenters. The van der Waals surface area contributed by atoms with Gasteiger partial charge in [0.25, 0.3) is 5.91 Å². The van der Waals surface area contributed by atoms with Gasteiger partial charge in [-0.1, -0.05) is 49.6 Å². The van der Waals surface area contributed by atoms with Crippen molar-refractivity contribution in [2.24, 2.45) is 0 Å². The zero-order valence-corrected chi connectivity index (χ0v) is 19.8. The number of aryl methyl sites for hydroxylation is 1. The molecule has 2 amide bonds. The minimum Gasteiger partial charge on any atom is -0.354 e. The van der Waals surface area contributed by atoms with Crippen molar-refractivity contribution in [2.75, 3.05) is 26.2 Å². The second-order valence-corrected chi connectivity index (χ2v) is 9.50. The molecule has 0 bridgehead atoms. The lowest BCUT2D eigenvalue weighted by Crippen LogP contribution is -2.52. The highest BCUT2D eigenvalue weighted by molar-refractivity contribution is 5.95. The van der Waals surface area contributed by atoms with Crippen molar-refractivity contribution >= 4 is 11.8 Å². The van der Waals surface area contributed by atoms with Gasteiger partial charge < -0.3 is 10.2 Å². The molecule has 0 unspecified atom stereocenters. The second-order valence-electron chi connectivity index (χ2n) is 9.50. The maximum atomic E-state index is 13.3. The lowest BCUT2D eigenvalue weighted by molar-refractivity contribution is -0.125. The molecule has 1 aromatic carbocycles. The standard InChI is InChI=1S/C27H36N4O2/c1-22-24(12-8-15-28-22)26(33)30-17-9-18-31(21-23-10-4-2-5-11-23)27(13-6-3-7-14-27)20-25(32)29-16-19-30/h2,4-5,8,10-12,15H,3,6-7,9,13-14,16-21H2,1H3,(H,29,32). The van der Waals surface area contributed by atoms with Crippen molar-refractivity contribution in [3.05, 3.63) is 65.5 Å². The molecule has 1 N–H and O–H groups in total. The Morgan fingerprint density at radius 3 is 2.55 bits per heavy atom. The minimum absolute atomic E-state index is 0.00363. The fraction of sp³-hybridized carbons (Fsp3) is 0.519. The lowest BCUT2D eigenvalue weighted by atomic mass is 9.77. The zero-order valence-electron chi connectivity index (χ0n) is 19.8. The number of rotatable bonds is 3. The number of aromatic nitrogens is 1. The lowest BCUT2D eigenvalue weighted by Gasteiger charge is -2.46. The Balaban J connectivity index is 1.57. The Morgan fingerprint density at radius 1 is 1.00 bits per heavy atom. The Kier molecular flexibility index (Phi) is 7.76. The molecular weight excluding hydrogens is 412 g/mol. The maximum Gasteiger partial charge on any atom is 0.255 e. The maximum absolute atomic E-state index is 13.3. The van der Waals surface area contributed by atoms with Gasteiger partial charge >= 0.3 is 0 Å². The van der Waals surface area contributed by atoms with E-state index < -0.39 is 0 Å². The number of nitrogens with one attached hydrogen (secondary N) is 1. The average Bonchev–Trinajstić information content (AvgIpc) is 2.85.